The highest BCUT2D eigenvalue weighted by molar-refractivity contribution is 5.69. The Hall–Kier alpha value is -2.09. The molecule has 1 saturated heterocycles. The SMILES string of the molecule is CC(=O)ON1CCC[C@H]1n1cnc2cnc(F)nc21. The third-order valence-corrected chi connectivity index (χ3v) is 3.03. The third-order valence-electron chi connectivity index (χ3n) is 3.03. The molecule has 2 aromatic rings. The quantitative estimate of drug-likeness (QED) is 0.755. The average Bonchev–Trinajstić information content (AvgIpc) is 2.94. The van der Waals surface area contributed by atoms with Crippen LogP contribution in [0.4, 0.5) is 4.39 Å². The molecule has 7 nitrogen and oxygen atoms in total. The van der Waals surface area contributed by atoms with Crippen LogP contribution in [0.5, 0.6) is 0 Å². The lowest BCUT2D eigenvalue weighted by atomic mass is 10.3. The summed E-state index contributed by atoms with van der Waals surface area (Å²) >= 11 is 0. The second kappa shape index (κ2) is 4.54. The number of nitrogens with zero attached hydrogens (tertiary/aromatic N) is 5. The molecule has 1 atom stereocenters. The van der Waals surface area contributed by atoms with E-state index in [1.54, 1.807) is 16.0 Å². The van der Waals surface area contributed by atoms with Crippen LogP contribution in [0.15, 0.2) is 12.5 Å². The molecular weight excluding hydrogens is 253 g/mol. The number of halogens is 1. The van der Waals surface area contributed by atoms with E-state index in [2.05, 4.69) is 15.0 Å². The summed E-state index contributed by atoms with van der Waals surface area (Å²) in [6.45, 7) is 1.99. The molecule has 100 valence electrons. The van der Waals surface area contributed by atoms with Gasteiger partial charge in [-0.2, -0.15) is 9.37 Å². The molecule has 3 rings (SSSR count). The van der Waals surface area contributed by atoms with Gasteiger partial charge in [-0.25, -0.2) is 9.97 Å². The lowest BCUT2D eigenvalue weighted by Gasteiger charge is -2.23. The van der Waals surface area contributed by atoms with Crippen LogP contribution in [0.3, 0.4) is 0 Å². The largest absolute Gasteiger partial charge is 0.366 e. The molecule has 8 heteroatoms. The molecule has 1 aliphatic heterocycles. The second-order valence-corrected chi connectivity index (χ2v) is 4.35. The highest BCUT2D eigenvalue weighted by Crippen LogP contribution is 2.29. The fourth-order valence-corrected chi connectivity index (χ4v) is 2.30. The molecule has 0 aliphatic carbocycles. The zero-order valence-electron chi connectivity index (χ0n) is 10.3. The van der Waals surface area contributed by atoms with Crippen molar-refractivity contribution in [1.82, 2.24) is 24.6 Å². The van der Waals surface area contributed by atoms with Gasteiger partial charge in [0.1, 0.15) is 11.7 Å². The molecule has 0 saturated carbocycles. The normalized spacial score (nSPS) is 20.0. The van der Waals surface area contributed by atoms with Crippen molar-refractivity contribution in [3.8, 4) is 0 Å². The topological polar surface area (TPSA) is 73.1 Å². The van der Waals surface area contributed by atoms with Crippen molar-refractivity contribution in [1.29, 1.82) is 0 Å². The summed E-state index contributed by atoms with van der Waals surface area (Å²) in [5.41, 5.74) is 0.910. The van der Waals surface area contributed by atoms with E-state index in [9.17, 15) is 9.18 Å². The molecule has 1 fully saturated rings. The maximum absolute atomic E-state index is 13.1. The van der Waals surface area contributed by atoms with E-state index in [-0.39, 0.29) is 12.1 Å². The van der Waals surface area contributed by atoms with Crippen molar-refractivity contribution in [3.05, 3.63) is 18.6 Å². The first kappa shape index (κ1) is 12.0. The first-order chi connectivity index (χ1) is 9.15. The Kier molecular flexibility index (Phi) is 2.86. The highest BCUT2D eigenvalue weighted by Gasteiger charge is 2.30. The van der Waals surface area contributed by atoms with E-state index >= 15 is 0 Å². The summed E-state index contributed by atoms with van der Waals surface area (Å²) in [6, 6.07) is 0. The van der Waals surface area contributed by atoms with Gasteiger partial charge in [-0.3, -0.25) is 9.36 Å². The minimum absolute atomic E-state index is 0.205. The predicted octanol–water partition coefficient (Wildman–Crippen LogP) is 1.04. The van der Waals surface area contributed by atoms with Gasteiger partial charge in [-0.15, -0.1) is 5.06 Å². The molecule has 0 unspecified atom stereocenters. The predicted molar refractivity (Wildman–Crippen MR) is 62.0 cm³/mol. The first-order valence-corrected chi connectivity index (χ1v) is 5.95. The molecule has 0 bridgehead atoms. The van der Waals surface area contributed by atoms with Crippen molar-refractivity contribution >= 4 is 17.1 Å². The zero-order chi connectivity index (χ0) is 13.4. The molecule has 0 N–H and O–H groups in total. The molecule has 0 aromatic carbocycles. The van der Waals surface area contributed by atoms with Crippen molar-refractivity contribution in [2.45, 2.75) is 25.9 Å². The Bertz CT molecular complexity index is 629. The summed E-state index contributed by atoms with van der Waals surface area (Å²) in [7, 11) is 0. The van der Waals surface area contributed by atoms with Crippen LogP contribution in [0.2, 0.25) is 0 Å². The zero-order valence-corrected chi connectivity index (χ0v) is 10.3. The van der Waals surface area contributed by atoms with Crippen LogP contribution in [0.25, 0.3) is 11.2 Å². The van der Waals surface area contributed by atoms with Crippen LogP contribution in [0, 0.1) is 6.08 Å². The van der Waals surface area contributed by atoms with Crippen LogP contribution in [-0.4, -0.2) is 37.1 Å². The number of aromatic nitrogens is 4. The van der Waals surface area contributed by atoms with E-state index in [1.807, 2.05) is 0 Å². The Morgan fingerprint density at radius 1 is 1.53 bits per heavy atom. The monoisotopic (exact) mass is 265 g/mol. The number of hydrogen-bond acceptors (Lipinski definition) is 6. The Labute approximate surface area is 108 Å². The van der Waals surface area contributed by atoms with Gasteiger partial charge >= 0.3 is 12.0 Å². The average molecular weight is 265 g/mol. The van der Waals surface area contributed by atoms with Crippen molar-refractivity contribution in [2.75, 3.05) is 6.54 Å². The summed E-state index contributed by atoms with van der Waals surface area (Å²) in [6.07, 6.45) is 3.55. The molecule has 0 amide bonds. The standard InChI is InChI=1S/C11H12FN5O2/c1-7(18)19-17-4-2-3-9(17)16-6-14-8-5-13-11(12)15-10(8)16/h5-6,9H,2-4H2,1H3/t9-/m0/s1. The van der Waals surface area contributed by atoms with Crippen molar-refractivity contribution in [3.63, 3.8) is 0 Å². The number of hydrogen-bond donors (Lipinski definition) is 0. The number of hydroxylamine groups is 2. The van der Waals surface area contributed by atoms with Crippen LogP contribution in [-0.2, 0) is 9.63 Å². The smallest absolute Gasteiger partial charge is 0.322 e. The van der Waals surface area contributed by atoms with Gasteiger partial charge < -0.3 is 4.84 Å². The van der Waals surface area contributed by atoms with E-state index in [1.165, 1.54) is 13.1 Å². The van der Waals surface area contributed by atoms with Crippen LogP contribution in [0.1, 0.15) is 25.9 Å². The van der Waals surface area contributed by atoms with E-state index < -0.39 is 6.08 Å². The van der Waals surface area contributed by atoms with Gasteiger partial charge in [0.2, 0.25) is 0 Å². The summed E-state index contributed by atoms with van der Waals surface area (Å²) in [4.78, 5) is 27.5. The van der Waals surface area contributed by atoms with E-state index in [0.29, 0.717) is 17.7 Å². The molecule has 3 heterocycles. The maximum atomic E-state index is 13.1. The van der Waals surface area contributed by atoms with E-state index in [4.69, 9.17) is 4.84 Å². The van der Waals surface area contributed by atoms with Crippen LogP contribution >= 0.6 is 0 Å². The fraction of sp³-hybridized carbons (Fsp3) is 0.455. The summed E-state index contributed by atoms with van der Waals surface area (Å²) in [5.74, 6) is -0.378. The van der Waals surface area contributed by atoms with Crippen LogP contribution < -0.4 is 0 Å². The number of fused-ring (bicyclic) bond motifs is 1. The van der Waals surface area contributed by atoms with Crippen molar-refractivity contribution in [2.24, 2.45) is 0 Å². The number of carbonyl (C=O) groups excluding carboxylic acids is 1. The third kappa shape index (κ3) is 2.14. The lowest BCUT2D eigenvalue weighted by molar-refractivity contribution is -0.199. The second-order valence-electron chi connectivity index (χ2n) is 4.35. The fourth-order valence-electron chi connectivity index (χ4n) is 2.30. The Balaban J connectivity index is 1.98. The van der Waals surface area contributed by atoms with E-state index in [0.717, 1.165) is 12.8 Å². The molecule has 0 spiro atoms. The molecule has 0 radical (unpaired) electrons. The number of imidazole rings is 1. The van der Waals surface area contributed by atoms with Gasteiger partial charge in [0, 0.05) is 13.5 Å². The number of rotatable bonds is 2. The lowest BCUT2D eigenvalue weighted by Crippen LogP contribution is -2.29. The molecular formula is C11H12FN5O2. The minimum atomic E-state index is -0.800. The minimum Gasteiger partial charge on any atom is -0.366 e. The Morgan fingerprint density at radius 2 is 2.37 bits per heavy atom. The van der Waals surface area contributed by atoms with Gasteiger partial charge in [0.05, 0.1) is 12.5 Å². The Morgan fingerprint density at radius 3 is 3.16 bits per heavy atom. The van der Waals surface area contributed by atoms with Gasteiger partial charge in [-0.1, -0.05) is 0 Å². The highest BCUT2D eigenvalue weighted by atomic mass is 19.1. The summed E-state index contributed by atoms with van der Waals surface area (Å²) < 4.78 is 14.8. The molecule has 19 heavy (non-hydrogen) atoms. The molecule has 2 aromatic heterocycles. The maximum Gasteiger partial charge on any atom is 0.322 e. The van der Waals surface area contributed by atoms with Gasteiger partial charge in [-0.05, 0) is 12.8 Å². The van der Waals surface area contributed by atoms with Gasteiger partial charge in [0.25, 0.3) is 0 Å². The summed E-state index contributed by atoms with van der Waals surface area (Å²) in [5, 5.41) is 1.57. The van der Waals surface area contributed by atoms with Crippen molar-refractivity contribution < 1.29 is 14.0 Å². The first-order valence-electron chi connectivity index (χ1n) is 5.95. The number of carbonyl (C=O) groups is 1. The molecule has 1 aliphatic rings. The van der Waals surface area contributed by atoms with Gasteiger partial charge in [0.15, 0.2) is 5.65 Å².